The summed E-state index contributed by atoms with van der Waals surface area (Å²) in [6.07, 6.45) is 10.5. The molecule has 2 aromatic heterocycles. The average Bonchev–Trinajstić information content (AvgIpc) is 3.39. The lowest BCUT2D eigenvalue weighted by Crippen LogP contribution is -2.51. The number of rotatable bonds is 3. The van der Waals surface area contributed by atoms with E-state index >= 15 is 0 Å². The predicted molar refractivity (Wildman–Crippen MR) is 117 cm³/mol. The highest BCUT2D eigenvalue weighted by Gasteiger charge is 2.45. The van der Waals surface area contributed by atoms with Crippen LogP contribution in [0.5, 0.6) is 0 Å². The van der Waals surface area contributed by atoms with Gasteiger partial charge in [-0.1, -0.05) is 17.3 Å². The molecule has 4 heterocycles. The number of aromatic nitrogens is 3. The van der Waals surface area contributed by atoms with E-state index in [0.717, 1.165) is 54.6 Å². The molecule has 164 valence electrons. The van der Waals surface area contributed by atoms with Crippen molar-refractivity contribution in [2.45, 2.75) is 83.5 Å². The normalized spacial score (nSPS) is 24.4. The van der Waals surface area contributed by atoms with Crippen LogP contribution in [0.4, 0.5) is 10.5 Å². The molecule has 1 N–H and O–H groups in total. The van der Waals surface area contributed by atoms with Crippen molar-refractivity contribution in [2.24, 2.45) is 0 Å². The molecule has 0 radical (unpaired) electrons. The van der Waals surface area contributed by atoms with Crippen molar-refractivity contribution in [3.8, 4) is 11.5 Å². The van der Waals surface area contributed by atoms with Crippen molar-refractivity contribution in [1.82, 2.24) is 20.0 Å². The highest BCUT2D eigenvalue weighted by atomic mass is 16.6. The Morgan fingerprint density at radius 1 is 1.26 bits per heavy atom. The number of amides is 1. The summed E-state index contributed by atoms with van der Waals surface area (Å²) in [6, 6.07) is 0.649. The third-order valence-electron chi connectivity index (χ3n) is 6.24. The van der Waals surface area contributed by atoms with Crippen molar-refractivity contribution >= 4 is 17.9 Å². The molecular weight excluding hydrogens is 394 g/mol. The summed E-state index contributed by atoms with van der Waals surface area (Å²) in [7, 11) is 0. The van der Waals surface area contributed by atoms with E-state index in [1.807, 2.05) is 38.8 Å². The number of anilines is 1. The second-order valence-corrected chi connectivity index (χ2v) is 9.75. The minimum Gasteiger partial charge on any atom is -0.444 e. The Balaban J connectivity index is 1.39. The Kier molecular flexibility index (Phi) is 4.75. The molecule has 2 aromatic rings. The average molecular weight is 424 g/mol. The fraction of sp³-hybridized carbons (Fsp3) is 0.565. The number of carbonyl (C=O) groups excluding carboxylic acids is 1. The zero-order chi connectivity index (χ0) is 21.8. The second kappa shape index (κ2) is 7.35. The van der Waals surface area contributed by atoms with E-state index in [-0.39, 0.29) is 24.2 Å². The maximum Gasteiger partial charge on any atom is 0.410 e. The number of fused-ring (bicyclic) bond motifs is 3. The third-order valence-corrected chi connectivity index (χ3v) is 6.24. The van der Waals surface area contributed by atoms with Gasteiger partial charge >= 0.3 is 6.09 Å². The molecule has 5 rings (SSSR count). The van der Waals surface area contributed by atoms with Crippen LogP contribution in [-0.2, 0) is 11.2 Å². The highest BCUT2D eigenvalue weighted by molar-refractivity contribution is 5.83. The van der Waals surface area contributed by atoms with Crippen LogP contribution in [0.25, 0.3) is 17.5 Å². The van der Waals surface area contributed by atoms with E-state index in [2.05, 4.69) is 32.6 Å². The fourth-order valence-corrected chi connectivity index (χ4v) is 5.03. The molecule has 3 atom stereocenters. The summed E-state index contributed by atoms with van der Waals surface area (Å²) in [5.41, 5.74) is 3.49. The molecule has 3 aliphatic rings. The van der Waals surface area contributed by atoms with Crippen molar-refractivity contribution in [3.05, 3.63) is 29.4 Å². The molecule has 2 fully saturated rings. The molecule has 2 bridgehead atoms. The quantitative estimate of drug-likeness (QED) is 0.784. The summed E-state index contributed by atoms with van der Waals surface area (Å²) >= 11 is 0. The summed E-state index contributed by atoms with van der Waals surface area (Å²) in [6.45, 7) is 7.56. The summed E-state index contributed by atoms with van der Waals surface area (Å²) in [5.74, 6) is 1.07. The minimum atomic E-state index is -0.480. The van der Waals surface area contributed by atoms with Crippen LogP contribution in [0.2, 0.25) is 0 Å². The lowest BCUT2D eigenvalue weighted by molar-refractivity contribution is 0.00683. The number of nitrogens with one attached hydrogen (secondary N) is 1. The van der Waals surface area contributed by atoms with E-state index in [9.17, 15) is 4.79 Å². The van der Waals surface area contributed by atoms with E-state index in [1.165, 1.54) is 0 Å². The van der Waals surface area contributed by atoms with Gasteiger partial charge in [0, 0.05) is 36.3 Å². The summed E-state index contributed by atoms with van der Waals surface area (Å²) in [4.78, 5) is 23.8. The zero-order valence-electron chi connectivity index (χ0n) is 18.5. The number of hydrogen-bond donors (Lipinski definition) is 1. The van der Waals surface area contributed by atoms with Gasteiger partial charge in [-0.2, -0.15) is 4.98 Å². The van der Waals surface area contributed by atoms with Gasteiger partial charge in [-0.05, 0) is 53.4 Å². The van der Waals surface area contributed by atoms with Gasteiger partial charge in [0.15, 0.2) is 5.82 Å². The number of carbonyl (C=O) groups is 1. The van der Waals surface area contributed by atoms with Gasteiger partial charge in [-0.15, -0.1) is 0 Å². The van der Waals surface area contributed by atoms with Gasteiger partial charge in [0.05, 0.1) is 16.9 Å². The lowest BCUT2D eigenvalue weighted by atomic mass is 9.96. The molecule has 1 amide bonds. The molecule has 0 aromatic carbocycles. The first-order valence-electron chi connectivity index (χ1n) is 11.1. The summed E-state index contributed by atoms with van der Waals surface area (Å²) < 4.78 is 11.1. The molecule has 8 nitrogen and oxygen atoms in total. The number of ether oxygens (including phenoxy) is 1. The first-order valence-corrected chi connectivity index (χ1v) is 11.1. The summed E-state index contributed by atoms with van der Waals surface area (Å²) in [5, 5.41) is 7.72. The Bertz CT molecular complexity index is 1020. The number of aryl methyl sites for hydroxylation is 1. The van der Waals surface area contributed by atoms with Crippen molar-refractivity contribution in [3.63, 3.8) is 0 Å². The molecule has 2 saturated heterocycles. The Morgan fingerprint density at radius 2 is 2.00 bits per heavy atom. The van der Waals surface area contributed by atoms with Crippen LogP contribution in [0.1, 0.15) is 63.5 Å². The smallest absolute Gasteiger partial charge is 0.410 e. The molecule has 0 saturated carbocycles. The van der Waals surface area contributed by atoms with E-state index in [0.29, 0.717) is 11.7 Å². The Hall–Kier alpha value is -2.90. The van der Waals surface area contributed by atoms with Gasteiger partial charge < -0.3 is 19.5 Å². The number of piperidine rings is 1. The third kappa shape index (κ3) is 3.79. The molecule has 31 heavy (non-hydrogen) atoms. The minimum absolute atomic E-state index is 0.187. The zero-order valence-corrected chi connectivity index (χ0v) is 18.5. The molecule has 1 unspecified atom stereocenters. The number of pyridine rings is 1. The van der Waals surface area contributed by atoms with Gasteiger partial charge in [0.2, 0.25) is 0 Å². The van der Waals surface area contributed by atoms with Crippen molar-refractivity contribution in [1.29, 1.82) is 0 Å². The first-order chi connectivity index (χ1) is 14.8. The maximum absolute atomic E-state index is 12.8. The van der Waals surface area contributed by atoms with Gasteiger partial charge in [-0.25, -0.2) is 4.79 Å². The van der Waals surface area contributed by atoms with Crippen LogP contribution in [-0.4, -0.2) is 49.8 Å². The standard InChI is InChI=1S/C23H29N5O3/c1-13-25-21(31-27-13)18-12-24-19-7-5-6-17(19)20(18)26-14-10-15-8-9-16(11-14)28(15)22(29)30-23(2,3)4/h5-6,12,14-16H,7-11H2,1-4H3,(H,24,26)/t14?,15-,16+. The van der Waals surface area contributed by atoms with Crippen LogP contribution >= 0.6 is 0 Å². The highest BCUT2D eigenvalue weighted by Crippen LogP contribution is 2.41. The maximum atomic E-state index is 12.8. The molecule has 2 aliphatic heterocycles. The molecule has 1 aliphatic carbocycles. The van der Waals surface area contributed by atoms with Gasteiger partial charge in [-0.3, -0.25) is 4.98 Å². The van der Waals surface area contributed by atoms with Crippen LogP contribution < -0.4 is 5.32 Å². The SMILES string of the molecule is Cc1noc(-c2cnc3c(c2NC2C[C@H]4CC[C@@H](C2)N4C(=O)OC(C)(C)C)C=CC3)n1. The first kappa shape index (κ1) is 20.0. The largest absolute Gasteiger partial charge is 0.444 e. The fourth-order valence-electron chi connectivity index (χ4n) is 5.03. The number of nitrogens with zero attached hydrogens (tertiary/aromatic N) is 4. The Morgan fingerprint density at radius 3 is 2.65 bits per heavy atom. The van der Waals surface area contributed by atoms with E-state index in [4.69, 9.17) is 9.26 Å². The monoisotopic (exact) mass is 423 g/mol. The topological polar surface area (TPSA) is 93.4 Å². The van der Waals surface area contributed by atoms with E-state index < -0.39 is 5.60 Å². The van der Waals surface area contributed by atoms with Gasteiger partial charge in [0.25, 0.3) is 5.89 Å². The number of allylic oxidation sites excluding steroid dienone is 1. The van der Waals surface area contributed by atoms with Gasteiger partial charge in [0.1, 0.15) is 5.60 Å². The van der Waals surface area contributed by atoms with Crippen LogP contribution in [0.15, 0.2) is 16.8 Å². The number of hydrogen-bond acceptors (Lipinski definition) is 7. The van der Waals surface area contributed by atoms with Crippen molar-refractivity contribution in [2.75, 3.05) is 5.32 Å². The molecule has 0 spiro atoms. The van der Waals surface area contributed by atoms with Crippen LogP contribution in [0, 0.1) is 6.92 Å². The Labute approximate surface area is 182 Å². The molecular formula is C23H29N5O3. The second-order valence-electron chi connectivity index (χ2n) is 9.75. The predicted octanol–water partition coefficient (Wildman–Crippen LogP) is 4.35. The van der Waals surface area contributed by atoms with Crippen LogP contribution in [0.3, 0.4) is 0 Å². The van der Waals surface area contributed by atoms with E-state index in [1.54, 1.807) is 0 Å². The van der Waals surface area contributed by atoms with Crippen molar-refractivity contribution < 1.29 is 14.1 Å². The lowest BCUT2D eigenvalue weighted by Gasteiger charge is -2.40. The molecule has 8 heteroatoms.